The smallest absolute Gasteiger partial charge is 0.309 e. The number of hydrogen-bond donors (Lipinski definition) is 1. The van der Waals surface area contributed by atoms with E-state index in [4.69, 9.17) is 9.47 Å². The van der Waals surface area contributed by atoms with Crippen LogP contribution < -0.4 is 4.72 Å². The maximum Gasteiger partial charge on any atom is 0.309 e. The van der Waals surface area contributed by atoms with Gasteiger partial charge in [-0.3, -0.25) is 19.1 Å². The van der Waals surface area contributed by atoms with Crippen LogP contribution in [0.2, 0.25) is 0 Å². The molecule has 4 fully saturated rings. The van der Waals surface area contributed by atoms with Crippen LogP contribution in [-0.2, 0) is 33.9 Å². The van der Waals surface area contributed by atoms with Crippen LogP contribution in [0.15, 0.2) is 0 Å². The van der Waals surface area contributed by atoms with Crippen molar-refractivity contribution in [2.24, 2.45) is 17.3 Å². The van der Waals surface area contributed by atoms with Gasteiger partial charge in [0.15, 0.2) is 0 Å². The van der Waals surface area contributed by atoms with Gasteiger partial charge in [0.2, 0.25) is 15.9 Å². The van der Waals surface area contributed by atoms with E-state index in [0.29, 0.717) is 19.3 Å². The highest BCUT2D eigenvalue weighted by atomic mass is 32.2. The third-order valence-corrected chi connectivity index (χ3v) is 6.40. The second-order valence-electron chi connectivity index (χ2n) is 8.15. The lowest BCUT2D eigenvalue weighted by atomic mass is 9.56. The molecule has 0 aromatic heterocycles. The average Bonchev–Trinajstić information content (AvgIpc) is 2.65. The summed E-state index contributed by atoms with van der Waals surface area (Å²) < 4.78 is 36.5. The number of fused-ring (bicyclic) bond motifs is 1. The third kappa shape index (κ3) is 3.45. The van der Waals surface area contributed by atoms with E-state index >= 15 is 0 Å². The van der Waals surface area contributed by atoms with Gasteiger partial charge < -0.3 is 9.47 Å². The summed E-state index contributed by atoms with van der Waals surface area (Å²) in [7, 11) is -3.74. The van der Waals surface area contributed by atoms with Crippen LogP contribution in [-0.4, -0.2) is 44.2 Å². The Bertz CT molecular complexity index is 748. The highest BCUT2D eigenvalue weighted by molar-refractivity contribution is 7.89. The van der Waals surface area contributed by atoms with Gasteiger partial charge in [-0.2, -0.15) is 0 Å². The van der Waals surface area contributed by atoms with Crippen LogP contribution in [0.5, 0.6) is 0 Å². The van der Waals surface area contributed by atoms with Crippen molar-refractivity contribution in [3.05, 3.63) is 0 Å². The number of carbonyl (C=O) groups excluding carboxylic acids is 3. The van der Waals surface area contributed by atoms with Crippen LogP contribution in [0.4, 0.5) is 0 Å². The standard InChI is InChI=1S/C17H25NO7S/c1-4-10(2)13(19)25-17-6-11-5-16(9-17,15(21)18-26(3,22)23)7-12(8-17)24-14(11)20/h10-12H,4-9H2,1-3H3,(H,18,21). The van der Waals surface area contributed by atoms with Crippen molar-refractivity contribution < 1.29 is 32.3 Å². The Morgan fingerprint density at radius 3 is 2.62 bits per heavy atom. The second kappa shape index (κ2) is 6.21. The molecule has 4 aliphatic rings. The van der Waals surface area contributed by atoms with E-state index in [1.54, 1.807) is 6.92 Å². The van der Waals surface area contributed by atoms with Crippen molar-refractivity contribution in [2.45, 2.75) is 64.1 Å². The monoisotopic (exact) mass is 387 g/mol. The number of ether oxygens (including phenoxy) is 2. The Labute approximate surface area is 153 Å². The number of nitrogens with one attached hydrogen (secondary N) is 1. The molecular formula is C17H25NO7S. The number of rotatable bonds is 5. The summed E-state index contributed by atoms with van der Waals surface area (Å²) >= 11 is 0. The molecule has 2 saturated heterocycles. The first-order valence-electron chi connectivity index (χ1n) is 8.93. The molecule has 9 heteroatoms. The molecule has 2 saturated carbocycles. The third-order valence-electron chi connectivity index (χ3n) is 5.84. The minimum absolute atomic E-state index is 0.215. The Morgan fingerprint density at radius 2 is 2.00 bits per heavy atom. The molecule has 1 N–H and O–H groups in total. The molecule has 5 atom stereocenters. The molecule has 4 rings (SSSR count). The predicted molar refractivity (Wildman–Crippen MR) is 90.2 cm³/mol. The lowest BCUT2D eigenvalue weighted by molar-refractivity contribution is -0.189. The Balaban J connectivity index is 1.95. The summed E-state index contributed by atoms with van der Waals surface area (Å²) in [5.41, 5.74) is -2.05. The van der Waals surface area contributed by atoms with Crippen LogP contribution in [0.1, 0.15) is 52.4 Å². The van der Waals surface area contributed by atoms with Gasteiger partial charge in [-0.25, -0.2) is 8.42 Å². The summed E-state index contributed by atoms with van der Waals surface area (Å²) in [6.45, 7) is 3.65. The minimum Gasteiger partial charge on any atom is -0.462 e. The van der Waals surface area contributed by atoms with Crippen LogP contribution in [0.3, 0.4) is 0 Å². The molecule has 146 valence electrons. The number of esters is 2. The number of amides is 1. The van der Waals surface area contributed by atoms with E-state index in [0.717, 1.165) is 6.26 Å². The molecule has 2 aliphatic heterocycles. The maximum absolute atomic E-state index is 12.8. The van der Waals surface area contributed by atoms with Crippen molar-refractivity contribution in [2.75, 3.05) is 6.26 Å². The molecule has 26 heavy (non-hydrogen) atoms. The molecule has 2 heterocycles. The van der Waals surface area contributed by atoms with E-state index in [-0.39, 0.29) is 31.1 Å². The summed E-state index contributed by atoms with van der Waals surface area (Å²) in [4.78, 5) is 37.5. The Morgan fingerprint density at radius 1 is 1.31 bits per heavy atom. The number of sulfonamides is 1. The molecule has 0 aromatic carbocycles. The first kappa shape index (κ1) is 19.1. The molecule has 0 spiro atoms. The SMILES string of the molecule is CCC(C)C(=O)OC12CC3CC(C(=O)NS(C)(=O)=O)(CC(C1)C(=O)O3)C2. The molecule has 1 amide bonds. The maximum atomic E-state index is 12.8. The zero-order chi connectivity index (χ0) is 19.3. The highest BCUT2D eigenvalue weighted by Gasteiger charge is 2.63. The largest absolute Gasteiger partial charge is 0.462 e. The van der Waals surface area contributed by atoms with Gasteiger partial charge in [0.25, 0.3) is 0 Å². The fraction of sp³-hybridized carbons (Fsp3) is 0.824. The fourth-order valence-electron chi connectivity index (χ4n) is 4.64. The van der Waals surface area contributed by atoms with Crippen LogP contribution in [0, 0.1) is 17.3 Å². The van der Waals surface area contributed by atoms with Gasteiger partial charge in [-0.05, 0) is 19.3 Å². The van der Waals surface area contributed by atoms with Crippen LogP contribution in [0.25, 0.3) is 0 Å². The Hall–Kier alpha value is -1.64. The van der Waals surface area contributed by atoms with Gasteiger partial charge in [0.05, 0.1) is 23.5 Å². The van der Waals surface area contributed by atoms with E-state index in [1.165, 1.54) is 0 Å². The molecule has 0 aromatic rings. The van der Waals surface area contributed by atoms with Crippen LogP contribution >= 0.6 is 0 Å². The molecule has 8 nitrogen and oxygen atoms in total. The van der Waals surface area contributed by atoms with E-state index < -0.39 is 44.9 Å². The van der Waals surface area contributed by atoms with E-state index in [2.05, 4.69) is 0 Å². The van der Waals surface area contributed by atoms with E-state index in [1.807, 2.05) is 11.6 Å². The molecule has 5 unspecified atom stereocenters. The van der Waals surface area contributed by atoms with Crippen molar-refractivity contribution in [1.82, 2.24) is 4.72 Å². The first-order valence-corrected chi connectivity index (χ1v) is 10.8. The van der Waals surface area contributed by atoms with Gasteiger partial charge in [-0.15, -0.1) is 0 Å². The van der Waals surface area contributed by atoms with E-state index in [9.17, 15) is 22.8 Å². The summed E-state index contributed by atoms with van der Waals surface area (Å²) in [6.07, 6.45) is 2.33. The number of carbonyl (C=O) groups is 3. The summed E-state index contributed by atoms with van der Waals surface area (Å²) in [6, 6.07) is 0. The molecule has 4 bridgehead atoms. The van der Waals surface area contributed by atoms with Crippen molar-refractivity contribution >= 4 is 27.9 Å². The average molecular weight is 387 g/mol. The molecule has 0 radical (unpaired) electrons. The van der Waals surface area contributed by atoms with Gasteiger partial charge in [0, 0.05) is 19.3 Å². The summed E-state index contributed by atoms with van der Waals surface area (Å²) in [5, 5.41) is 0. The predicted octanol–water partition coefficient (Wildman–Crippen LogP) is 0.896. The quantitative estimate of drug-likeness (QED) is 0.697. The molecular weight excluding hydrogens is 362 g/mol. The van der Waals surface area contributed by atoms with Crippen molar-refractivity contribution in [3.63, 3.8) is 0 Å². The van der Waals surface area contributed by atoms with Crippen molar-refractivity contribution in [3.8, 4) is 0 Å². The lowest BCUT2D eigenvalue weighted by Crippen LogP contribution is -2.58. The van der Waals surface area contributed by atoms with Crippen molar-refractivity contribution in [1.29, 1.82) is 0 Å². The zero-order valence-electron chi connectivity index (χ0n) is 15.2. The highest BCUT2D eigenvalue weighted by Crippen LogP contribution is 2.58. The fourth-order valence-corrected chi connectivity index (χ4v) is 5.19. The second-order valence-corrected chi connectivity index (χ2v) is 9.89. The van der Waals surface area contributed by atoms with Gasteiger partial charge in [0.1, 0.15) is 11.7 Å². The zero-order valence-corrected chi connectivity index (χ0v) is 16.1. The molecule has 2 aliphatic carbocycles. The number of hydrogen-bond acceptors (Lipinski definition) is 7. The first-order chi connectivity index (χ1) is 12.0. The van der Waals surface area contributed by atoms with Gasteiger partial charge in [-0.1, -0.05) is 13.8 Å². The lowest BCUT2D eigenvalue weighted by Gasteiger charge is -2.51. The topological polar surface area (TPSA) is 116 Å². The minimum atomic E-state index is -3.74. The Kier molecular flexibility index (Phi) is 4.57. The van der Waals surface area contributed by atoms with Gasteiger partial charge >= 0.3 is 11.9 Å². The summed E-state index contributed by atoms with van der Waals surface area (Å²) in [5.74, 6) is -2.27. The normalized spacial score (nSPS) is 36.8.